The van der Waals surface area contributed by atoms with Crippen molar-refractivity contribution in [3.63, 3.8) is 0 Å². The summed E-state index contributed by atoms with van der Waals surface area (Å²) in [4.78, 5) is 13.5. The summed E-state index contributed by atoms with van der Waals surface area (Å²) in [6.45, 7) is 12.3. The third-order valence-corrected chi connectivity index (χ3v) is 6.34. The normalized spacial score (nSPS) is 15.5. The summed E-state index contributed by atoms with van der Waals surface area (Å²) in [6.07, 6.45) is 0. The van der Waals surface area contributed by atoms with E-state index in [0.29, 0.717) is 10.5 Å². The van der Waals surface area contributed by atoms with Crippen molar-refractivity contribution in [2.24, 2.45) is 10.8 Å². The molecule has 0 saturated heterocycles. The molecule has 1 atom stereocenters. The van der Waals surface area contributed by atoms with Gasteiger partial charge in [-0.05, 0) is 24.5 Å². The molecule has 5 heteroatoms. The number of hydrogen-bond donors (Lipinski definition) is 0. The van der Waals surface area contributed by atoms with Crippen molar-refractivity contribution >= 4 is 28.5 Å². The summed E-state index contributed by atoms with van der Waals surface area (Å²) in [5, 5.41) is 0. The maximum absolute atomic E-state index is 12.6. The maximum Gasteiger partial charge on any atom is 0.349 e. The van der Waals surface area contributed by atoms with Gasteiger partial charge < -0.3 is 8.61 Å². The van der Waals surface area contributed by atoms with Gasteiger partial charge in [-0.15, -0.1) is 0 Å². The van der Waals surface area contributed by atoms with Gasteiger partial charge in [0.05, 0.1) is 12.0 Å². The van der Waals surface area contributed by atoms with Crippen LogP contribution in [0.2, 0.25) is 0 Å². The van der Waals surface area contributed by atoms with E-state index in [9.17, 15) is 4.79 Å². The molecule has 118 valence electrons. The quantitative estimate of drug-likeness (QED) is 0.614. The Kier molecular flexibility index (Phi) is 5.69. The summed E-state index contributed by atoms with van der Waals surface area (Å²) in [5.74, 6) is -0.328. The van der Waals surface area contributed by atoms with Crippen molar-refractivity contribution in [3.05, 3.63) is 30.3 Å². The Labute approximate surface area is 135 Å². The molecule has 0 aliphatic carbocycles. The summed E-state index contributed by atoms with van der Waals surface area (Å²) < 4.78 is 11.2. The van der Waals surface area contributed by atoms with Gasteiger partial charge in [0.25, 0.3) is 0 Å². The van der Waals surface area contributed by atoms with Crippen molar-refractivity contribution < 1.29 is 13.4 Å². The van der Waals surface area contributed by atoms with E-state index in [1.807, 2.05) is 37.3 Å². The second-order valence-electron chi connectivity index (χ2n) is 6.88. The van der Waals surface area contributed by atoms with Crippen molar-refractivity contribution in [2.45, 2.75) is 52.0 Å². The van der Waals surface area contributed by atoms with Gasteiger partial charge in [0.1, 0.15) is 10.5 Å². The molecular formula is C16H26O3SSi. The molecule has 0 aliphatic rings. The highest BCUT2D eigenvalue weighted by molar-refractivity contribution is 7.95. The fraction of sp³-hybridized carbons (Fsp3) is 0.562. The summed E-state index contributed by atoms with van der Waals surface area (Å²) in [6, 6.07) is 9.58. The van der Waals surface area contributed by atoms with E-state index >= 15 is 0 Å². The Balaban J connectivity index is 2.91. The van der Waals surface area contributed by atoms with E-state index in [-0.39, 0.29) is 16.8 Å². The van der Waals surface area contributed by atoms with Gasteiger partial charge in [-0.1, -0.05) is 52.8 Å². The van der Waals surface area contributed by atoms with Crippen molar-refractivity contribution in [3.8, 4) is 0 Å². The van der Waals surface area contributed by atoms with Crippen LogP contribution in [0.4, 0.5) is 0 Å². The van der Waals surface area contributed by atoms with Crippen molar-refractivity contribution in [1.82, 2.24) is 0 Å². The van der Waals surface area contributed by atoms with E-state index in [4.69, 9.17) is 8.61 Å². The molecule has 0 N–H and O–H groups in total. The number of benzene rings is 1. The lowest BCUT2D eigenvalue weighted by Gasteiger charge is -2.49. The highest BCUT2D eigenvalue weighted by Crippen LogP contribution is 2.48. The lowest BCUT2D eigenvalue weighted by molar-refractivity contribution is -0.169. The van der Waals surface area contributed by atoms with Crippen LogP contribution in [-0.4, -0.2) is 22.1 Å². The standard InChI is InChI=1S/C16H26O3SSi/c1-14(2,3)15(4,5)16(6,19-21)13(17)18-20-12-10-8-7-9-11-12/h7-11H,1-6,21H3. The van der Waals surface area contributed by atoms with E-state index in [2.05, 4.69) is 34.6 Å². The van der Waals surface area contributed by atoms with Crippen LogP contribution in [0.1, 0.15) is 41.5 Å². The molecule has 1 unspecified atom stereocenters. The first-order chi connectivity index (χ1) is 9.56. The molecule has 0 radical (unpaired) electrons. The van der Waals surface area contributed by atoms with Gasteiger partial charge in [-0.2, -0.15) is 0 Å². The fourth-order valence-electron chi connectivity index (χ4n) is 1.95. The lowest BCUT2D eigenvalue weighted by atomic mass is 9.60. The smallest absolute Gasteiger partial charge is 0.349 e. The van der Waals surface area contributed by atoms with Crippen LogP contribution in [0.3, 0.4) is 0 Å². The van der Waals surface area contributed by atoms with Crippen molar-refractivity contribution in [1.29, 1.82) is 0 Å². The second kappa shape index (κ2) is 6.54. The van der Waals surface area contributed by atoms with E-state index in [0.717, 1.165) is 16.9 Å². The topological polar surface area (TPSA) is 35.5 Å². The summed E-state index contributed by atoms with van der Waals surface area (Å²) in [7, 11) is 0.476. The number of hydrogen-bond acceptors (Lipinski definition) is 4. The van der Waals surface area contributed by atoms with Crippen LogP contribution in [0, 0.1) is 10.8 Å². The number of carbonyl (C=O) groups excluding carboxylic acids is 1. The van der Waals surface area contributed by atoms with Crippen LogP contribution < -0.4 is 0 Å². The molecule has 1 aromatic carbocycles. The minimum Gasteiger partial charge on any atom is -0.413 e. The monoisotopic (exact) mass is 326 g/mol. The first-order valence-electron chi connectivity index (χ1n) is 7.05. The summed E-state index contributed by atoms with van der Waals surface area (Å²) >= 11 is 1.08. The maximum atomic E-state index is 12.6. The van der Waals surface area contributed by atoms with E-state index < -0.39 is 5.60 Å². The Morgan fingerprint density at radius 1 is 1.05 bits per heavy atom. The average molecular weight is 327 g/mol. The third kappa shape index (κ3) is 3.70. The highest BCUT2D eigenvalue weighted by atomic mass is 32.2. The van der Waals surface area contributed by atoms with E-state index in [1.165, 1.54) is 0 Å². The second-order valence-corrected chi connectivity index (χ2v) is 8.09. The van der Waals surface area contributed by atoms with Gasteiger partial charge in [0.15, 0.2) is 5.60 Å². The highest BCUT2D eigenvalue weighted by Gasteiger charge is 2.54. The molecule has 0 aliphatic heterocycles. The molecule has 0 aromatic heterocycles. The fourth-order valence-corrected chi connectivity index (χ4v) is 3.23. The molecule has 0 spiro atoms. The molecule has 21 heavy (non-hydrogen) atoms. The van der Waals surface area contributed by atoms with Crippen LogP contribution in [0.25, 0.3) is 0 Å². The van der Waals surface area contributed by atoms with Gasteiger partial charge in [0, 0.05) is 10.3 Å². The summed E-state index contributed by atoms with van der Waals surface area (Å²) in [5.41, 5.74) is -1.42. The Bertz CT molecular complexity index is 482. The van der Waals surface area contributed by atoms with Gasteiger partial charge in [-0.25, -0.2) is 4.79 Å². The Morgan fingerprint density at radius 2 is 1.57 bits per heavy atom. The molecule has 0 fully saturated rings. The van der Waals surface area contributed by atoms with Crippen LogP contribution in [0.15, 0.2) is 35.2 Å². The van der Waals surface area contributed by atoms with Gasteiger partial charge in [0.2, 0.25) is 0 Å². The molecule has 0 heterocycles. The predicted molar refractivity (Wildman–Crippen MR) is 91.1 cm³/mol. The SMILES string of the molecule is CC(C)(C)C(C)(C)C(C)(O[SiH3])C(=O)OSc1ccccc1. The molecule has 3 nitrogen and oxygen atoms in total. The molecule has 1 rings (SSSR count). The molecule has 0 bridgehead atoms. The first-order valence-corrected chi connectivity index (χ1v) is 8.61. The zero-order valence-corrected chi connectivity index (χ0v) is 16.8. The molecule has 0 saturated carbocycles. The number of rotatable bonds is 5. The van der Waals surface area contributed by atoms with Gasteiger partial charge >= 0.3 is 5.97 Å². The minimum atomic E-state index is -0.959. The Hall–Kier alpha value is -0.783. The molecular weight excluding hydrogens is 300 g/mol. The zero-order chi connectivity index (χ0) is 16.3. The minimum absolute atomic E-state index is 0.0946. The first kappa shape index (κ1) is 18.3. The van der Waals surface area contributed by atoms with Crippen LogP contribution in [-0.2, 0) is 13.4 Å². The van der Waals surface area contributed by atoms with Crippen LogP contribution in [0.5, 0.6) is 0 Å². The largest absolute Gasteiger partial charge is 0.413 e. The average Bonchev–Trinajstić information content (AvgIpc) is 2.43. The lowest BCUT2D eigenvalue weighted by Crippen LogP contribution is -2.56. The molecule has 1 aromatic rings. The number of carbonyl (C=O) groups is 1. The van der Waals surface area contributed by atoms with Gasteiger partial charge in [-0.3, -0.25) is 0 Å². The van der Waals surface area contributed by atoms with E-state index in [1.54, 1.807) is 0 Å². The Morgan fingerprint density at radius 3 is 2.00 bits per heavy atom. The predicted octanol–water partition coefficient (Wildman–Crippen LogP) is 3.36. The van der Waals surface area contributed by atoms with Crippen molar-refractivity contribution in [2.75, 3.05) is 0 Å². The molecule has 0 amide bonds. The van der Waals surface area contributed by atoms with Crippen LogP contribution >= 0.6 is 12.0 Å². The third-order valence-electron chi connectivity index (χ3n) is 4.82. The zero-order valence-electron chi connectivity index (χ0n) is 14.0.